The highest BCUT2D eigenvalue weighted by molar-refractivity contribution is 9.10. The lowest BCUT2D eigenvalue weighted by atomic mass is 10.1. The van der Waals surface area contributed by atoms with E-state index in [9.17, 15) is 13.6 Å². The first-order valence-electron chi connectivity index (χ1n) is 6.79. The minimum absolute atomic E-state index is 0.150. The lowest BCUT2D eigenvalue weighted by Gasteiger charge is -2.11. The normalized spacial score (nSPS) is 12.0. The van der Waals surface area contributed by atoms with E-state index in [-0.39, 0.29) is 18.5 Å². The predicted octanol–water partition coefficient (Wildman–Crippen LogP) is 2.99. The Labute approximate surface area is 135 Å². The molecule has 0 aliphatic heterocycles. The molecule has 0 saturated carbocycles. The summed E-state index contributed by atoms with van der Waals surface area (Å²) in [5.74, 6) is -1.91. The van der Waals surface area contributed by atoms with Gasteiger partial charge in [-0.2, -0.15) is 0 Å². The Morgan fingerprint density at radius 2 is 2.00 bits per heavy atom. The summed E-state index contributed by atoms with van der Waals surface area (Å²) in [7, 11) is 0. The van der Waals surface area contributed by atoms with Crippen LogP contribution in [0.5, 0.6) is 0 Å². The predicted molar refractivity (Wildman–Crippen MR) is 84.3 cm³/mol. The van der Waals surface area contributed by atoms with Crippen LogP contribution in [0.15, 0.2) is 46.9 Å². The number of amides is 1. The van der Waals surface area contributed by atoms with Crippen LogP contribution in [0.2, 0.25) is 0 Å². The van der Waals surface area contributed by atoms with E-state index in [1.165, 1.54) is 6.07 Å². The lowest BCUT2D eigenvalue weighted by molar-refractivity contribution is -0.682. The van der Waals surface area contributed by atoms with Gasteiger partial charge in [-0.1, -0.05) is 22.0 Å². The monoisotopic (exact) mass is 369 g/mol. The molecule has 0 spiro atoms. The first kappa shape index (κ1) is 16.6. The van der Waals surface area contributed by atoms with Crippen molar-refractivity contribution in [2.45, 2.75) is 13.0 Å². The van der Waals surface area contributed by atoms with Crippen molar-refractivity contribution in [2.75, 3.05) is 11.9 Å². The van der Waals surface area contributed by atoms with Gasteiger partial charge in [0.05, 0.1) is 0 Å². The van der Waals surface area contributed by atoms with Gasteiger partial charge >= 0.3 is 0 Å². The smallest absolute Gasteiger partial charge is 0.279 e. The molecule has 2 aromatic rings. The molecule has 3 nitrogen and oxygen atoms in total. The Balaban J connectivity index is 1.88. The minimum atomic E-state index is -0.878. The molecule has 0 aliphatic carbocycles. The van der Waals surface area contributed by atoms with Gasteiger partial charge in [-0.3, -0.25) is 4.79 Å². The molecule has 1 atom stereocenters. The van der Waals surface area contributed by atoms with Gasteiger partial charge in [0.2, 0.25) is 0 Å². The summed E-state index contributed by atoms with van der Waals surface area (Å²) in [5.41, 5.74) is 1.34. The lowest BCUT2D eigenvalue weighted by Crippen LogP contribution is -2.86. The maximum Gasteiger partial charge on any atom is 0.279 e. The van der Waals surface area contributed by atoms with Gasteiger partial charge in [-0.25, -0.2) is 8.78 Å². The van der Waals surface area contributed by atoms with Gasteiger partial charge in [0.25, 0.3) is 5.91 Å². The Morgan fingerprint density at radius 1 is 1.23 bits per heavy atom. The Morgan fingerprint density at radius 3 is 2.68 bits per heavy atom. The number of anilines is 1. The molecular formula is C16H16BrF2N2O+. The summed E-state index contributed by atoms with van der Waals surface area (Å²) in [6.45, 7) is 2.02. The fraction of sp³-hybridized carbons (Fsp3) is 0.188. The SMILES string of the molecule is C[C@@H]([NH2+]CC(=O)Nc1cccc(Br)c1)c1ccc(F)c(F)c1. The van der Waals surface area contributed by atoms with E-state index in [1.807, 2.05) is 19.1 Å². The van der Waals surface area contributed by atoms with Crippen molar-refractivity contribution in [3.8, 4) is 0 Å². The second-order valence-electron chi connectivity index (χ2n) is 4.96. The first-order valence-corrected chi connectivity index (χ1v) is 7.58. The van der Waals surface area contributed by atoms with Crippen LogP contribution in [0.1, 0.15) is 18.5 Å². The Bertz CT molecular complexity index is 679. The number of hydrogen-bond acceptors (Lipinski definition) is 1. The van der Waals surface area contributed by atoms with Crippen LogP contribution in [0.25, 0.3) is 0 Å². The van der Waals surface area contributed by atoms with E-state index < -0.39 is 11.6 Å². The van der Waals surface area contributed by atoms with Gasteiger partial charge in [-0.15, -0.1) is 0 Å². The molecule has 0 heterocycles. The average Bonchev–Trinajstić information content (AvgIpc) is 2.47. The third kappa shape index (κ3) is 4.61. The molecule has 0 bridgehead atoms. The molecule has 0 unspecified atom stereocenters. The van der Waals surface area contributed by atoms with Crippen molar-refractivity contribution in [2.24, 2.45) is 0 Å². The second-order valence-corrected chi connectivity index (χ2v) is 5.88. The van der Waals surface area contributed by atoms with Crippen LogP contribution in [-0.2, 0) is 4.79 Å². The quantitative estimate of drug-likeness (QED) is 0.835. The van der Waals surface area contributed by atoms with Crippen LogP contribution in [-0.4, -0.2) is 12.5 Å². The molecule has 0 aliphatic rings. The first-order chi connectivity index (χ1) is 10.5. The zero-order valence-corrected chi connectivity index (χ0v) is 13.5. The van der Waals surface area contributed by atoms with Crippen molar-refractivity contribution >= 4 is 27.5 Å². The molecule has 6 heteroatoms. The van der Waals surface area contributed by atoms with Gasteiger partial charge in [0, 0.05) is 15.7 Å². The van der Waals surface area contributed by atoms with Crippen molar-refractivity contribution in [3.05, 3.63) is 64.1 Å². The zero-order valence-electron chi connectivity index (χ0n) is 11.9. The molecule has 22 heavy (non-hydrogen) atoms. The number of nitrogens with two attached hydrogens (primary N) is 1. The fourth-order valence-corrected chi connectivity index (χ4v) is 2.39. The number of nitrogens with one attached hydrogen (secondary N) is 1. The van der Waals surface area contributed by atoms with Crippen LogP contribution in [0.4, 0.5) is 14.5 Å². The summed E-state index contributed by atoms with van der Waals surface area (Å²) >= 11 is 3.33. The standard InChI is InChI=1S/C16H15BrF2N2O/c1-10(11-5-6-14(18)15(19)7-11)20-9-16(22)21-13-4-2-3-12(17)8-13/h2-8,10,20H,9H2,1H3,(H,21,22)/p+1/t10-/m1/s1. The number of carbonyl (C=O) groups excluding carboxylic acids is 1. The van der Waals surface area contributed by atoms with E-state index >= 15 is 0 Å². The fourth-order valence-electron chi connectivity index (χ4n) is 1.99. The summed E-state index contributed by atoms with van der Waals surface area (Å²) in [4.78, 5) is 11.9. The molecule has 2 rings (SSSR count). The molecule has 1 amide bonds. The highest BCUT2D eigenvalue weighted by Crippen LogP contribution is 2.15. The van der Waals surface area contributed by atoms with Gasteiger partial charge < -0.3 is 10.6 Å². The molecule has 3 N–H and O–H groups in total. The summed E-state index contributed by atoms with van der Waals surface area (Å²) < 4.78 is 27.0. The van der Waals surface area contributed by atoms with Crippen molar-refractivity contribution in [1.29, 1.82) is 0 Å². The van der Waals surface area contributed by atoms with E-state index in [4.69, 9.17) is 0 Å². The van der Waals surface area contributed by atoms with Crippen LogP contribution in [0, 0.1) is 11.6 Å². The van der Waals surface area contributed by atoms with Crippen molar-refractivity contribution in [3.63, 3.8) is 0 Å². The number of benzene rings is 2. The van der Waals surface area contributed by atoms with Crippen molar-refractivity contribution in [1.82, 2.24) is 0 Å². The molecule has 116 valence electrons. The molecule has 2 aromatic carbocycles. The molecule has 0 radical (unpaired) electrons. The topological polar surface area (TPSA) is 45.7 Å². The number of rotatable bonds is 5. The zero-order chi connectivity index (χ0) is 16.1. The van der Waals surface area contributed by atoms with Crippen LogP contribution in [0.3, 0.4) is 0 Å². The van der Waals surface area contributed by atoms with E-state index in [1.54, 1.807) is 17.4 Å². The minimum Gasteiger partial charge on any atom is -0.333 e. The van der Waals surface area contributed by atoms with E-state index in [2.05, 4.69) is 21.2 Å². The molecule has 0 fully saturated rings. The number of quaternary nitrogens is 1. The van der Waals surface area contributed by atoms with Gasteiger partial charge in [0.15, 0.2) is 18.2 Å². The molecule has 0 aromatic heterocycles. The second kappa shape index (κ2) is 7.47. The van der Waals surface area contributed by atoms with Gasteiger partial charge in [-0.05, 0) is 43.3 Å². The van der Waals surface area contributed by atoms with Crippen molar-refractivity contribution < 1.29 is 18.9 Å². The summed E-state index contributed by atoms with van der Waals surface area (Å²) in [6, 6.07) is 10.9. The maximum absolute atomic E-state index is 13.2. The third-order valence-corrected chi connectivity index (χ3v) is 3.73. The largest absolute Gasteiger partial charge is 0.333 e. The van der Waals surface area contributed by atoms with Gasteiger partial charge in [0.1, 0.15) is 6.04 Å². The summed E-state index contributed by atoms with van der Waals surface area (Å²) in [5, 5.41) is 4.54. The highest BCUT2D eigenvalue weighted by Gasteiger charge is 2.14. The van der Waals surface area contributed by atoms with E-state index in [0.29, 0.717) is 11.3 Å². The van der Waals surface area contributed by atoms with E-state index in [0.717, 1.165) is 16.6 Å². The van der Waals surface area contributed by atoms with Crippen LogP contribution >= 0.6 is 15.9 Å². The number of carbonyl (C=O) groups is 1. The molecular weight excluding hydrogens is 354 g/mol. The van der Waals surface area contributed by atoms with Crippen LogP contribution < -0.4 is 10.6 Å². The maximum atomic E-state index is 13.2. The average molecular weight is 370 g/mol. The third-order valence-electron chi connectivity index (χ3n) is 3.23. The number of hydrogen-bond donors (Lipinski definition) is 2. The molecule has 0 saturated heterocycles. The summed E-state index contributed by atoms with van der Waals surface area (Å²) in [6.07, 6.45) is 0. The number of halogens is 3. The highest BCUT2D eigenvalue weighted by atomic mass is 79.9. The Kier molecular flexibility index (Phi) is 5.63. The Hall–Kier alpha value is -1.79.